The van der Waals surface area contributed by atoms with Crippen LogP contribution in [0.1, 0.15) is 11.1 Å². The number of nitrogens with zero attached hydrogens (tertiary/aromatic N) is 4. The molecular formula is C18H14N4O2. The highest BCUT2D eigenvalue weighted by Crippen LogP contribution is 2.19. The zero-order valence-electron chi connectivity index (χ0n) is 13.0. The van der Waals surface area contributed by atoms with E-state index in [9.17, 15) is 4.79 Å². The van der Waals surface area contributed by atoms with Gasteiger partial charge in [-0.05, 0) is 23.8 Å². The second kappa shape index (κ2) is 6.75. The summed E-state index contributed by atoms with van der Waals surface area (Å²) in [4.78, 5) is 11.3. The number of nitriles is 1. The van der Waals surface area contributed by atoms with Gasteiger partial charge in [0.25, 0.3) is 0 Å². The smallest absolute Gasteiger partial charge is 0.309 e. The summed E-state index contributed by atoms with van der Waals surface area (Å²) < 4.78 is 6.28. The second-order valence-electron chi connectivity index (χ2n) is 5.16. The van der Waals surface area contributed by atoms with Crippen LogP contribution in [0.3, 0.4) is 0 Å². The molecule has 0 bridgehead atoms. The molecule has 1 aromatic heterocycles. The van der Waals surface area contributed by atoms with E-state index in [1.165, 1.54) is 7.11 Å². The van der Waals surface area contributed by atoms with Crippen LogP contribution in [0.15, 0.2) is 54.7 Å². The van der Waals surface area contributed by atoms with Crippen molar-refractivity contribution in [2.24, 2.45) is 0 Å². The summed E-state index contributed by atoms with van der Waals surface area (Å²) in [7, 11) is 1.37. The van der Waals surface area contributed by atoms with Gasteiger partial charge in [-0.15, -0.1) is 5.10 Å². The third-order valence-electron chi connectivity index (χ3n) is 3.56. The van der Waals surface area contributed by atoms with Gasteiger partial charge in [0.1, 0.15) is 5.69 Å². The molecule has 0 fully saturated rings. The van der Waals surface area contributed by atoms with Crippen LogP contribution in [-0.2, 0) is 16.0 Å². The molecule has 0 atom stereocenters. The van der Waals surface area contributed by atoms with E-state index in [1.54, 1.807) is 29.1 Å². The first-order valence-corrected chi connectivity index (χ1v) is 7.28. The molecule has 0 unspecified atom stereocenters. The quantitative estimate of drug-likeness (QED) is 0.690. The lowest BCUT2D eigenvalue weighted by atomic mass is 10.1. The number of benzene rings is 2. The van der Waals surface area contributed by atoms with E-state index in [0.29, 0.717) is 11.3 Å². The van der Waals surface area contributed by atoms with Gasteiger partial charge in [0.2, 0.25) is 0 Å². The van der Waals surface area contributed by atoms with Crippen molar-refractivity contribution in [3.8, 4) is 23.0 Å². The highest BCUT2D eigenvalue weighted by atomic mass is 16.5. The number of methoxy groups -OCH3 is 1. The fourth-order valence-corrected chi connectivity index (χ4v) is 2.27. The minimum absolute atomic E-state index is 0.240. The molecule has 1 heterocycles. The van der Waals surface area contributed by atoms with E-state index < -0.39 is 0 Å². The molecule has 0 amide bonds. The van der Waals surface area contributed by atoms with Gasteiger partial charge < -0.3 is 4.74 Å². The maximum absolute atomic E-state index is 11.3. The van der Waals surface area contributed by atoms with E-state index in [-0.39, 0.29) is 12.4 Å². The van der Waals surface area contributed by atoms with Crippen molar-refractivity contribution >= 4 is 5.97 Å². The zero-order valence-corrected chi connectivity index (χ0v) is 13.0. The molecule has 0 aliphatic carbocycles. The van der Waals surface area contributed by atoms with Gasteiger partial charge in [-0.2, -0.15) is 5.26 Å². The Morgan fingerprint density at radius 2 is 2.04 bits per heavy atom. The minimum atomic E-state index is -0.272. The van der Waals surface area contributed by atoms with Crippen molar-refractivity contribution in [2.75, 3.05) is 7.11 Å². The van der Waals surface area contributed by atoms with Crippen molar-refractivity contribution in [2.45, 2.75) is 6.42 Å². The SMILES string of the molecule is COC(=O)Cc1ccc(-c2cn(-c3cccc(C#N)c3)nn2)cc1. The first-order chi connectivity index (χ1) is 11.7. The number of ether oxygens (including phenoxy) is 1. The van der Waals surface area contributed by atoms with Gasteiger partial charge in [-0.25, -0.2) is 4.68 Å². The molecule has 0 spiro atoms. The Morgan fingerprint density at radius 3 is 2.75 bits per heavy atom. The van der Waals surface area contributed by atoms with E-state index in [2.05, 4.69) is 21.1 Å². The van der Waals surface area contributed by atoms with Crippen LogP contribution in [0.5, 0.6) is 0 Å². The van der Waals surface area contributed by atoms with Crippen molar-refractivity contribution in [1.82, 2.24) is 15.0 Å². The number of hydrogen-bond acceptors (Lipinski definition) is 5. The van der Waals surface area contributed by atoms with Crippen LogP contribution in [0.2, 0.25) is 0 Å². The summed E-state index contributed by atoms with van der Waals surface area (Å²) in [6, 6.07) is 16.8. The lowest BCUT2D eigenvalue weighted by molar-refractivity contribution is -0.139. The average Bonchev–Trinajstić information content (AvgIpc) is 3.12. The highest BCUT2D eigenvalue weighted by molar-refractivity contribution is 5.72. The minimum Gasteiger partial charge on any atom is -0.469 e. The Kier molecular flexibility index (Phi) is 4.34. The summed E-state index contributed by atoms with van der Waals surface area (Å²) in [6.45, 7) is 0. The molecule has 0 aliphatic heterocycles. The number of carbonyl (C=O) groups excluding carboxylic acids is 1. The van der Waals surface area contributed by atoms with Crippen LogP contribution in [0.25, 0.3) is 16.9 Å². The Morgan fingerprint density at radius 1 is 1.25 bits per heavy atom. The molecule has 118 valence electrons. The lowest BCUT2D eigenvalue weighted by Gasteiger charge is -2.01. The molecule has 3 aromatic rings. The van der Waals surface area contributed by atoms with Gasteiger partial charge in [0.15, 0.2) is 0 Å². The third kappa shape index (κ3) is 3.31. The van der Waals surface area contributed by atoms with Crippen molar-refractivity contribution in [3.05, 3.63) is 65.9 Å². The average molecular weight is 318 g/mol. The maximum atomic E-state index is 11.3. The Bertz CT molecular complexity index is 907. The molecule has 24 heavy (non-hydrogen) atoms. The summed E-state index contributed by atoms with van der Waals surface area (Å²) in [5.41, 5.74) is 3.82. The zero-order chi connectivity index (χ0) is 16.9. The first-order valence-electron chi connectivity index (χ1n) is 7.28. The van der Waals surface area contributed by atoms with Crippen molar-refractivity contribution < 1.29 is 9.53 Å². The molecule has 3 rings (SSSR count). The summed E-state index contributed by atoms with van der Waals surface area (Å²) >= 11 is 0. The predicted molar refractivity (Wildman–Crippen MR) is 87.2 cm³/mol. The van der Waals surface area contributed by atoms with Gasteiger partial charge in [-0.3, -0.25) is 4.79 Å². The molecule has 6 nitrogen and oxygen atoms in total. The summed E-state index contributed by atoms with van der Waals surface area (Å²) in [6.07, 6.45) is 2.04. The molecular weight excluding hydrogens is 304 g/mol. The first kappa shape index (κ1) is 15.4. The van der Waals surface area contributed by atoms with Gasteiger partial charge in [0.05, 0.1) is 37.0 Å². The van der Waals surface area contributed by atoms with E-state index in [0.717, 1.165) is 16.8 Å². The predicted octanol–water partition coefficient (Wildman–Crippen LogP) is 2.52. The topological polar surface area (TPSA) is 80.8 Å². The molecule has 0 saturated carbocycles. The van der Waals surface area contributed by atoms with Crippen molar-refractivity contribution in [3.63, 3.8) is 0 Å². The number of carbonyl (C=O) groups is 1. The van der Waals surface area contributed by atoms with Crippen molar-refractivity contribution in [1.29, 1.82) is 5.26 Å². The third-order valence-corrected chi connectivity index (χ3v) is 3.56. The number of hydrogen-bond donors (Lipinski definition) is 0. The number of aromatic nitrogens is 3. The second-order valence-corrected chi connectivity index (χ2v) is 5.16. The van der Waals surface area contributed by atoms with Gasteiger partial charge in [-0.1, -0.05) is 35.5 Å². The van der Waals surface area contributed by atoms with Gasteiger partial charge >= 0.3 is 5.97 Å². The number of rotatable bonds is 4. The Hall–Kier alpha value is -3.46. The summed E-state index contributed by atoms with van der Waals surface area (Å²) in [5.74, 6) is -0.272. The highest BCUT2D eigenvalue weighted by Gasteiger charge is 2.07. The molecule has 0 aliphatic rings. The van der Waals surface area contributed by atoms with Gasteiger partial charge in [0, 0.05) is 5.56 Å². The summed E-state index contributed by atoms with van der Waals surface area (Å²) in [5, 5.41) is 17.2. The van der Waals surface area contributed by atoms with E-state index in [4.69, 9.17) is 5.26 Å². The van der Waals surface area contributed by atoms with Crippen LogP contribution in [0.4, 0.5) is 0 Å². The Labute approximate surface area is 138 Å². The molecule has 0 N–H and O–H groups in total. The van der Waals surface area contributed by atoms with Crippen LogP contribution < -0.4 is 0 Å². The Balaban J connectivity index is 1.82. The molecule has 6 heteroatoms. The molecule has 2 aromatic carbocycles. The van der Waals surface area contributed by atoms with Crippen LogP contribution in [-0.4, -0.2) is 28.1 Å². The van der Waals surface area contributed by atoms with Crippen LogP contribution in [0, 0.1) is 11.3 Å². The lowest BCUT2D eigenvalue weighted by Crippen LogP contribution is -2.04. The standard InChI is InChI=1S/C18H14N4O2/c1-24-18(23)10-13-5-7-15(8-6-13)17-12-22(21-20-17)16-4-2-3-14(9-16)11-19/h2-9,12H,10H2,1H3. The van der Waals surface area contributed by atoms with Crippen LogP contribution >= 0.6 is 0 Å². The van der Waals surface area contributed by atoms with E-state index >= 15 is 0 Å². The largest absolute Gasteiger partial charge is 0.469 e. The van der Waals surface area contributed by atoms with E-state index in [1.807, 2.05) is 30.3 Å². The molecule has 0 radical (unpaired) electrons. The fraction of sp³-hybridized carbons (Fsp3) is 0.111. The molecule has 0 saturated heterocycles. The maximum Gasteiger partial charge on any atom is 0.309 e. The monoisotopic (exact) mass is 318 g/mol. The fourth-order valence-electron chi connectivity index (χ4n) is 2.27. The number of esters is 1. The normalized spacial score (nSPS) is 10.2.